The van der Waals surface area contributed by atoms with E-state index in [9.17, 15) is 9.59 Å². The van der Waals surface area contributed by atoms with E-state index in [1.807, 2.05) is 30.3 Å². The summed E-state index contributed by atoms with van der Waals surface area (Å²) in [5.41, 5.74) is 0.866. The molecule has 6 heteroatoms. The minimum atomic E-state index is -0.470. The van der Waals surface area contributed by atoms with Crippen LogP contribution in [0.5, 0.6) is 0 Å². The SMILES string of the molecule is CN(C(=O)Nc1ccccn1)[C@H]1CCCN(c2ccccc2)C1=O. The number of anilines is 2. The molecule has 1 aromatic carbocycles. The fraction of sp³-hybridized carbons (Fsp3) is 0.278. The van der Waals surface area contributed by atoms with Gasteiger partial charge >= 0.3 is 6.03 Å². The fourth-order valence-electron chi connectivity index (χ4n) is 2.86. The lowest BCUT2D eigenvalue weighted by Gasteiger charge is -2.36. The van der Waals surface area contributed by atoms with E-state index in [4.69, 9.17) is 0 Å². The van der Waals surface area contributed by atoms with E-state index >= 15 is 0 Å². The monoisotopic (exact) mass is 324 g/mol. The largest absolute Gasteiger partial charge is 0.323 e. The molecule has 0 radical (unpaired) electrons. The summed E-state index contributed by atoms with van der Waals surface area (Å²) in [4.78, 5) is 32.5. The van der Waals surface area contributed by atoms with Crippen molar-refractivity contribution in [2.75, 3.05) is 23.8 Å². The van der Waals surface area contributed by atoms with Crippen LogP contribution in [0, 0.1) is 0 Å². The molecule has 1 aromatic heterocycles. The maximum absolute atomic E-state index is 12.8. The van der Waals surface area contributed by atoms with Crippen molar-refractivity contribution in [3.63, 3.8) is 0 Å². The molecule has 0 aliphatic carbocycles. The highest BCUT2D eigenvalue weighted by Gasteiger charge is 2.34. The molecule has 0 unspecified atom stereocenters. The maximum Gasteiger partial charge on any atom is 0.323 e. The van der Waals surface area contributed by atoms with Crippen LogP contribution in [-0.2, 0) is 4.79 Å². The highest BCUT2D eigenvalue weighted by Crippen LogP contribution is 2.23. The Hall–Kier alpha value is -2.89. The molecule has 1 N–H and O–H groups in total. The zero-order valence-corrected chi connectivity index (χ0v) is 13.6. The normalized spacial score (nSPS) is 17.5. The van der Waals surface area contributed by atoms with E-state index in [0.717, 1.165) is 12.1 Å². The van der Waals surface area contributed by atoms with Crippen molar-refractivity contribution in [3.8, 4) is 0 Å². The highest BCUT2D eigenvalue weighted by molar-refractivity contribution is 6.01. The van der Waals surface area contributed by atoms with Crippen molar-refractivity contribution in [2.45, 2.75) is 18.9 Å². The van der Waals surface area contributed by atoms with Crippen LogP contribution in [0.25, 0.3) is 0 Å². The van der Waals surface area contributed by atoms with Crippen molar-refractivity contribution in [3.05, 3.63) is 54.7 Å². The standard InChI is InChI=1S/C18H20N4O2/c1-21(18(24)20-16-11-5-6-12-19-16)15-10-7-13-22(17(15)23)14-8-3-2-4-9-14/h2-6,8-9,11-12,15H,7,10,13H2,1H3,(H,19,20,24)/t15-/m0/s1. The second kappa shape index (κ2) is 7.12. The van der Waals surface area contributed by atoms with E-state index in [1.165, 1.54) is 4.90 Å². The number of likely N-dealkylation sites (N-methyl/N-ethyl adjacent to an activating group) is 1. The number of aromatic nitrogens is 1. The Morgan fingerprint density at radius 1 is 1.21 bits per heavy atom. The first-order chi connectivity index (χ1) is 11.7. The molecule has 1 saturated heterocycles. The Balaban J connectivity index is 1.71. The number of rotatable bonds is 3. The highest BCUT2D eigenvalue weighted by atomic mass is 16.2. The summed E-state index contributed by atoms with van der Waals surface area (Å²) in [5, 5.41) is 2.72. The smallest absolute Gasteiger partial charge is 0.316 e. The molecule has 3 amide bonds. The molecule has 0 bridgehead atoms. The Morgan fingerprint density at radius 2 is 1.96 bits per heavy atom. The van der Waals surface area contributed by atoms with Gasteiger partial charge in [-0.25, -0.2) is 9.78 Å². The summed E-state index contributed by atoms with van der Waals surface area (Å²) in [6, 6.07) is 14.0. The quantitative estimate of drug-likeness (QED) is 0.944. The first-order valence-corrected chi connectivity index (χ1v) is 7.98. The summed E-state index contributed by atoms with van der Waals surface area (Å²) >= 11 is 0. The average Bonchev–Trinajstić information content (AvgIpc) is 2.63. The van der Waals surface area contributed by atoms with Crippen molar-refractivity contribution in [1.29, 1.82) is 0 Å². The van der Waals surface area contributed by atoms with Crippen LogP contribution in [-0.4, -0.2) is 41.5 Å². The van der Waals surface area contributed by atoms with E-state index in [-0.39, 0.29) is 11.9 Å². The maximum atomic E-state index is 12.8. The van der Waals surface area contributed by atoms with Gasteiger partial charge in [0.1, 0.15) is 11.9 Å². The number of hydrogen-bond acceptors (Lipinski definition) is 3. The minimum Gasteiger partial charge on any atom is -0.316 e. The first kappa shape index (κ1) is 16.0. The third kappa shape index (κ3) is 3.37. The minimum absolute atomic E-state index is 0.0499. The topological polar surface area (TPSA) is 65.5 Å². The van der Waals surface area contributed by atoms with Gasteiger partial charge in [-0.3, -0.25) is 10.1 Å². The number of urea groups is 1. The molecule has 6 nitrogen and oxygen atoms in total. The number of nitrogens with zero attached hydrogens (tertiary/aromatic N) is 3. The van der Waals surface area contributed by atoms with E-state index in [0.29, 0.717) is 18.8 Å². The fourth-order valence-corrected chi connectivity index (χ4v) is 2.86. The van der Waals surface area contributed by atoms with E-state index in [1.54, 1.807) is 36.3 Å². The molecular formula is C18H20N4O2. The third-order valence-corrected chi connectivity index (χ3v) is 4.17. The van der Waals surface area contributed by atoms with Crippen molar-refractivity contribution in [1.82, 2.24) is 9.88 Å². The van der Waals surface area contributed by atoms with Gasteiger partial charge in [-0.1, -0.05) is 24.3 Å². The van der Waals surface area contributed by atoms with E-state index in [2.05, 4.69) is 10.3 Å². The number of benzene rings is 1. The van der Waals surface area contributed by atoms with Gasteiger partial charge in [0.05, 0.1) is 0 Å². The number of pyridine rings is 1. The second-order valence-corrected chi connectivity index (χ2v) is 5.74. The van der Waals surface area contributed by atoms with Crippen LogP contribution in [0.2, 0.25) is 0 Å². The van der Waals surface area contributed by atoms with Gasteiger partial charge in [0.2, 0.25) is 5.91 Å². The van der Waals surface area contributed by atoms with Crippen molar-refractivity contribution >= 4 is 23.4 Å². The predicted molar refractivity (Wildman–Crippen MR) is 92.8 cm³/mol. The van der Waals surface area contributed by atoms with Crippen LogP contribution in [0.4, 0.5) is 16.3 Å². The molecule has 2 aromatic rings. The number of carbonyl (C=O) groups excluding carboxylic acids is 2. The molecule has 24 heavy (non-hydrogen) atoms. The number of carbonyl (C=O) groups is 2. The number of para-hydroxylation sites is 1. The van der Waals surface area contributed by atoms with Crippen LogP contribution in [0.3, 0.4) is 0 Å². The predicted octanol–water partition coefficient (Wildman–Crippen LogP) is 2.74. The molecule has 2 heterocycles. The molecule has 3 rings (SSSR count). The summed E-state index contributed by atoms with van der Waals surface area (Å²) in [7, 11) is 1.65. The number of amides is 3. The Bertz CT molecular complexity index is 705. The molecule has 1 aliphatic heterocycles. The lowest BCUT2D eigenvalue weighted by molar-refractivity contribution is -0.123. The summed E-state index contributed by atoms with van der Waals surface area (Å²) in [6.07, 6.45) is 3.12. The van der Waals surface area contributed by atoms with Gasteiger partial charge in [0.25, 0.3) is 0 Å². The summed E-state index contributed by atoms with van der Waals surface area (Å²) in [5.74, 6) is 0.420. The molecule has 124 valence electrons. The van der Waals surface area contributed by atoms with Gasteiger partial charge in [0.15, 0.2) is 0 Å². The van der Waals surface area contributed by atoms with Gasteiger partial charge in [0, 0.05) is 25.5 Å². The zero-order chi connectivity index (χ0) is 16.9. The van der Waals surface area contributed by atoms with Gasteiger partial charge in [-0.05, 0) is 37.1 Å². The summed E-state index contributed by atoms with van der Waals surface area (Å²) in [6.45, 7) is 0.676. The van der Waals surface area contributed by atoms with Gasteiger partial charge < -0.3 is 9.80 Å². The number of hydrogen-bond donors (Lipinski definition) is 1. The van der Waals surface area contributed by atoms with Crippen LogP contribution in [0.1, 0.15) is 12.8 Å². The van der Waals surface area contributed by atoms with Crippen LogP contribution in [0.15, 0.2) is 54.7 Å². The Labute approximate surface area is 141 Å². The van der Waals surface area contributed by atoms with E-state index < -0.39 is 6.04 Å². The Kier molecular flexibility index (Phi) is 4.74. The molecule has 0 spiro atoms. The molecule has 1 aliphatic rings. The zero-order valence-electron chi connectivity index (χ0n) is 13.6. The van der Waals surface area contributed by atoms with Gasteiger partial charge in [-0.2, -0.15) is 0 Å². The number of nitrogens with one attached hydrogen (secondary N) is 1. The molecular weight excluding hydrogens is 304 g/mol. The molecule has 1 atom stereocenters. The lowest BCUT2D eigenvalue weighted by Crippen LogP contribution is -2.54. The first-order valence-electron chi connectivity index (χ1n) is 7.98. The van der Waals surface area contributed by atoms with Crippen LogP contribution >= 0.6 is 0 Å². The summed E-state index contributed by atoms with van der Waals surface area (Å²) < 4.78 is 0. The molecule has 0 saturated carbocycles. The second-order valence-electron chi connectivity index (χ2n) is 5.74. The van der Waals surface area contributed by atoms with Crippen molar-refractivity contribution in [2.24, 2.45) is 0 Å². The van der Waals surface area contributed by atoms with Crippen LogP contribution < -0.4 is 10.2 Å². The Morgan fingerprint density at radius 3 is 2.67 bits per heavy atom. The third-order valence-electron chi connectivity index (χ3n) is 4.17. The lowest BCUT2D eigenvalue weighted by atomic mass is 10.0. The number of piperidine rings is 1. The average molecular weight is 324 g/mol. The molecule has 1 fully saturated rings. The van der Waals surface area contributed by atoms with Gasteiger partial charge in [-0.15, -0.1) is 0 Å². The van der Waals surface area contributed by atoms with Crippen molar-refractivity contribution < 1.29 is 9.59 Å².